The molecule has 1 nitrogen and oxygen atoms in total. The number of alkyl halides is 2. The van der Waals surface area contributed by atoms with Crippen LogP contribution in [0.4, 0.5) is 0 Å². The van der Waals surface area contributed by atoms with E-state index >= 15 is 0 Å². The maximum absolute atomic E-state index is 6.25. The van der Waals surface area contributed by atoms with Gasteiger partial charge in [-0.05, 0) is 46.0 Å². The van der Waals surface area contributed by atoms with Gasteiger partial charge in [-0.25, -0.2) is 0 Å². The zero-order valence-electron chi connectivity index (χ0n) is 11.0. The molecular formula is C16H16BrCl2N. The summed E-state index contributed by atoms with van der Waals surface area (Å²) in [5.41, 5.74) is 2.26. The Labute approximate surface area is 138 Å². The highest BCUT2D eigenvalue weighted by Gasteiger charge is 2.29. The maximum atomic E-state index is 6.25. The second-order valence-electron chi connectivity index (χ2n) is 5.12. The lowest BCUT2D eigenvalue weighted by Gasteiger charge is -2.30. The van der Waals surface area contributed by atoms with E-state index in [1.807, 2.05) is 24.4 Å². The molecular weight excluding hydrogens is 357 g/mol. The van der Waals surface area contributed by atoms with Gasteiger partial charge in [-0.2, -0.15) is 0 Å². The molecule has 0 bridgehead atoms. The van der Waals surface area contributed by atoms with E-state index in [0.717, 1.165) is 22.9 Å². The highest BCUT2D eigenvalue weighted by molar-refractivity contribution is 9.10. The third-order valence-corrected chi connectivity index (χ3v) is 4.90. The topological polar surface area (TPSA) is 12.9 Å². The first-order chi connectivity index (χ1) is 9.67. The standard InChI is InChI=1S/C16H16BrCl2N/c17-15-6-14(9-20-10-15)8-16(11-18,12-19)7-13-4-2-1-3-5-13/h1-6,9-10H,7-8,11-12H2. The number of rotatable bonds is 6. The Hall–Kier alpha value is -0.570. The lowest BCUT2D eigenvalue weighted by Crippen LogP contribution is -2.31. The first-order valence-electron chi connectivity index (χ1n) is 6.43. The van der Waals surface area contributed by atoms with Crippen molar-refractivity contribution in [2.75, 3.05) is 11.8 Å². The smallest absolute Gasteiger partial charge is 0.0410 e. The van der Waals surface area contributed by atoms with Crippen molar-refractivity contribution in [2.24, 2.45) is 5.41 Å². The minimum absolute atomic E-state index is 0.146. The first-order valence-corrected chi connectivity index (χ1v) is 8.29. The van der Waals surface area contributed by atoms with Gasteiger partial charge in [-0.1, -0.05) is 30.3 Å². The van der Waals surface area contributed by atoms with Crippen LogP contribution in [-0.4, -0.2) is 16.7 Å². The second-order valence-corrected chi connectivity index (χ2v) is 6.57. The monoisotopic (exact) mass is 371 g/mol. The molecule has 0 radical (unpaired) electrons. The molecule has 0 spiro atoms. The van der Waals surface area contributed by atoms with Crippen molar-refractivity contribution in [3.05, 3.63) is 64.4 Å². The van der Waals surface area contributed by atoms with Gasteiger partial charge >= 0.3 is 0 Å². The van der Waals surface area contributed by atoms with E-state index in [-0.39, 0.29) is 5.41 Å². The Morgan fingerprint density at radius 2 is 1.60 bits per heavy atom. The normalized spacial score (nSPS) is 11.6. The Bertz CT molecular complexity index is 541. The molecule has 0 aliphatic heterocycles. The van der Waals surface area contributed by atoms with Crippen LogP contribution in [0, 0.1) is 5.41 Å². The number of pyridine rings is 1. The molecule has 1 aromatic heterocycles. The van der Waals surface area contributed by atoms with Gasteiger partial charge in [0.2, 0.25) is 0 Å². The molecule has 0 N–H and O–H groups in total. The number of benzene rings is 1. The zero-order chi connectivity index (χ0) is 14.4. The summed E-state index contributed by atoms with van der Waals surface area (Å²) in [6.45, 7) is 0. The van der Waals surface area contributed by atoms with Gasteiger partial charge in [0.25, 0.3) is 0 Å². The third kappa shape index (κ3) is 4.21. The summed E-state index contributed by atoms with van der Waals surface area (Å²) in [4.78, 5) is 4.21. The highest BCUT2D eigenvalue weighted by atomic mass is 79.9. The first kappa shape index (κ1) is 15.8. The molecule has 0 fully saturated rings. The second kappa shape index (κ2) is 7.44. The van der Waals surface area contributed by atoms with E-state index in [2.05, 4.69) is 39.1 Å². The fourth-order valence-electron chi connectivity index (χ4n) is 2.30. The van der Waals surface area contributed by atoms with Gasteiger partial charge in [0, 0.05) is 34.0 Å². The lowest BCUT2D eigenvalue weighted by atomic mass is 9.80. The average Bonchev–Trinajstić information content (AvgIpc) is 2.47. The summed E-state index contributed by atoms with van der Waals surface area (Å²) in [7, 11) is 0. The Morgan fingerprint density at radius 3 is 2.20 bits per heavy atom. The molecule has 0 unspecified atom stereocenters. The zero-order valence-corrected chi connectivity index (χ0v) is 14.1. The Morgan fingerprint density at radius 1 is 0.950 bits per heavy atom. The molecule has 20 heavy (non-hydrogen) atoms. The quantitative estimate of drug-likeness (QED) is 0.643. The predicted octanol–water partition coefficient (Wildman–Crippen LogP) is 5.09. The summed E-state index contributed by atoms with van der Waals surface area (Å²) in [6.07, 6.45) is 5.35. The fourth-order valence-corrected chi connectivity index (χ4v) is 3.38. The van der Waals surface area contributed by atoms with Crippen LogP contribution in [0.1, 0.15) is 11.1 Å². The van der Waals surface area contributed by atoms with Gasteiger partial charge in [0.05, 0.1) is 0 Å². The molecule has 2 aromatic rings. The van der Waals surface area contributed by atoms with Crippen LogP contribution in [0.2, 0.25) is 0 Å². The van der Waals surface area contributed by atoms with E-state index in [1.165, 1.54) is 5.56 Å². The molecule has 0 atom stereocenters. The van der Waals surface area contributed by atoms with Crippen LogP contribution in [0.5, 0.6) is 0 Å². The number of aromatic nitrogens is 1. The van der Waals surface area contributed by atoms with Crippen LogP contribution in [0.25, 0.3) is 0 Å². The highest BCUT2D eigenvalue weighted by Crippen LogP contribution is 2.31. The SMILES string of the molecule is ClCC(CCl)(Cc1ccccc1)Cc1cncc(Br)c1. The molecule has 0 saturated carbocycles. The van der Waals surface area contributed by atoms with Crippen molar-refractivity contribution >= 4 is 39.1 Å². The van der Waals surface area contributed by atoms with Crippen LogP contribution in [0.15, 0.2) is 53.3 Å². The van der Waals surface area contributed by atoms with Crippen molar-refractivity contribution in [3.63, 3.8) is 0 Å². The number of hydrogen-bond acceptors (Lipinski definition) is 1. The van der Waals surface area contributed by atoms with Crippen LogP contribution in [0.3, 0.4) is 0 Å². The molecule has 0 aliphatic carbocycles. The lowest BCUT2D eigenvalue weighted by molar-refractivity contribution is 0.373. The predicted molar refractivity (Wildman–Crippen MR) is 89.7 cm³/mol. The molecule has 1 aromatic carbocycles. The maximum Gasteiger partial charge on any atom is 0.0410 e. The average molecular weight is 373 g/mol. The molecule has 2 rings (SSSR count). The largest absolute Gasteiger partial charge is 0.263 e. The van der Waals surface area contributed by atoms with Crippen molar-refractivity contribution in [1.29, 1.82) is 0 Å². The Kier molecular flexibility index (Phi) is 5.88. The summed E-state index contributed by atoms with van der Waals surface area (Å²) in [5.74, 6) is 1.05. The molecule has 0 aliphatic rings. The van der Waals surface area contributed by atoms with E-state index in [9.17, 15) is 0 Å². The summed E-state index contributed by atoms with van der Waals surface area (Å²) in [6, 6.07) is 12.4. The van der Waals surface area contributed by atoms with Crippen molar-refractivity contribution in [1.82, 2.24) is 4.98 Å². The molecule has 4 heteroatoms. The van der Waals surface area contributed by atoms with Gasteiger partial charge in [0.15, 0.2) is 0 Å². The number of halogens is 3. The minimum Gasteiger partial charge on any atom is -0.263 e. The van der Waals surface area contributed by atoms with Crippen LogP contribution < -0.4 is 0 Å². The molecule has 0 saturated heterocycles. The van der Waals surface area contributed by atoms with Crippen molar-refractivity contribution in [2.45, 2.75) is 12.8 Å². The van der Waals surface area contributed by atoms with Gasteiger partial charge in [0.1, 0.15) is 0 Å². The van der Waals surface area contributed by atoms with Gasteiger partial charge in [-0.3, -0.25) is 4.98 Å². The fraction of sp³-hybridized carbons (Fsp3) is 0.312. The number of nitrogens with zero attached hydrogens (tertiary/aromatic N) is 1. The third-order valence-electron chi connectivity index (χ3n) is 3.33. The van der Waals surface area contributed by atoms with Crippen molar-refractivity contribution in [3.8, 4) is 0 Å². The van der Waals surface area contributed by atoms with E-state index < -0.39 is 0 Å². The number of hydrogen-bond donors (Lipinski definition) is 0. The van der Waals surface area contributed by atoms with E-state index in [0.29, 0.717) is 11.8 Å². The molecule has 106 valence electrons. The van der Waals surface area contributed by atoms with Gasteiger partial charge < -0.3 is 0 Å². The van der Waals surface area contributed by atoms with Crippen LogP contribution >= 0.6 is 39.1 Å². The van der Waals surface area contributed by atoms with Crippen molar-refractivity contribution < 1.29 is 0 Å². The minimum atomic E-state index is -0.146. The molecule has 1 heterocycles. The van der Waals surface area contributed by atoms with Gasteiger partial charge in [-0.15, -0.1) is 23.2 Å². The van der Waals surface area contributed by atoms with E-state index in [1.54, 1.807) is 6.20 Å². The summed E-state index contributed by atoms with van der Waals surface area (Å²) < 4.78 is 0.979. The van der Waals surface area contributed by atoms with E-state index in [4.69, 9.17) is 23.2 Å². The summed E-state index contributed by atoms with van der Waals surface area (Å²) >= 11 is 15.9. The summed E-state index contributed by atoms with van der Waals surface area (Å²) in [5, 5.41) is 0. The van der Waals surface area contributed by atoms with Crippen LogP contribution in [-0.2, 0) is 12.8 Å². The molecule has 0 amide bonds. The Balaban J connectivity index is 2.21.